The molecule has 1 aliphatic rings. The van der Waals surface area contributed by atoms with Gasteiger partial charge in [-0.3, -0.25) is 9.59 Å². The molecule has 1 saturated heterocycles. The largest absolute Gasteiger partial charge is 0.400 e. The summed E-state index contributed by atoms with van der Waals surface area (Å²) in [6.45, 7) is 2.91. The molecule has 1 N–H and O–H groups in total. The number of nitrogens with one attached hydrogen (secondary N) is 1. The molecule has 1 aromatic carbocycles. The highest BCUT2D eigenvalue weighted by molar-refractivity contribution is 5.97. The van der Waals surface area contributed by atoms with Crippen molar-refractivity contribution in [2.24, 2.45) is 11.8 Å². The van der Waals surface area contributed by atoms with E-state index in [0.29, 0.717) is 5.56 Å². The van der Waals surface area contributed by atoms with Crippen LogP contribution >= 0.6 is 0 Å². The van der Waals surface area contributed by atoms with Crippen molar-refractivity contribution in [1.82, 2.24) is 15.4 Å². The molecule has 0 spiro atoms. The minimum absolute atomic E-state index is 0.0842. The van der Waals surface area contributed by atoms with E-state index in [1.807, 2.05) is 0 Å². The van der Waals surface area contributed by atoms with E-state index in [4.69, 9.17) is 4.52 Å². The van der Waals surface area contributed by atoms with Crippen molar-refractivity contribution in [1.29, 1.82) is 0 Å². The SMILES string of the molecule is CC(C)C[C@H]1C(=O)N[C@@H](CC(C(F)(F)F)C(F)(F)F)CN1C(=O)c1cc(-c2ccc(F)cc2)on1. The highest BCUT2D eigenvalue weighted by Crippen LogP contribution is 2.42. The summed E-state index contributed by atoms with van der Waals surface area (Å²) >= 11 is 0. The monoisotopic (exact) mass is 509 g/mol. The molecule has 3 rings (SSSR count). The number of aromatic nitrogens is 1. The summed E-state index contributed by atoms with van der Waals surface area (Å²) in [5, 5.41) is 5.85. The first-order valence-electron chi connectivity index (χ1n) is 10.6. The van der Waals surface area contributed by atoms with Gasteiger partial charge in [0.2, 0.25) is 5.91 Å². The van der Waals surface area contributed by atoms with Crippen LogP contribution in [0.15, 0.2) is 34.9 Å². The summed E-state index contributed by atoms with van der Waals surface area (Å²) in [5.41, 5.74) is 0.0823. The Morgan fingerprint density at radius 2 is 1.71 bits per heavy atom. The summed E-state index contributed by atoms with van der Waals surface area (Å²) in [6.07, 6.45) is -12.5. The number of carbonyl (C=O) groups is 2. The second-order valence-corrected chi connectivity index (χ2v) is 8.76. The van der Waals surface area contributed by atoms with E-state index in [1.54, 1.807) is 13.8 Å². The number of nitrogens with zero attached hydrogens (tertiary/aromatic N) is 2. The van der Waals surface area contributed by atoms with E-state index in [1.165, 1.54) is 18.2 Å². The first-order chi connectivity index (χ1) is 16.2. The molecule has 0 radical (unpaired) electrons. The fourth-order valence-corrected chi connectivity index (χ4v) is 3.90. The number of alkyl halides is 6. The zero-order valence-electron chi connectivity index (χ0n) is 18.6. The fraction of sp³-hybridized carbons (Fsp3) is 0.500. The summed E-state index contributed by atoms with van der Waals surface area (Å²) in [4.78, 5) is 26.8. The molecule has 2 amide bonds. The van der Waals surface area contributed by atoms with E-state index < -0.39 is 61.0 Å². The van der Waals surface area contributed by atoms with E-state index in [0.717, 1.165) is 17.0 Å². The maximum absolute atomic E-state index is 13.2. The van der Waals surface area contributed by atoms with Crippen LogP contribution in [0, 0.1) is 17.7 Å². The number of benzene rings is 1. The smallest absolute Gasteiger partial charge is 0.355 e. The van der Waals surface area contributed by atoms with Crippen molar-refractivity contribution in [2.45, 2.75) is 51.1 Å². The number of hydrogen-bond acceptors (Lipinski definition) is 4. The van der Waals surface area contributed by atoms with Crippen molar-refractivity contribution in [3.8, 4) is 11.3 Å². The number of hydrogen-bond donors (Lipinski definition) is 1. The van der Waals surface area contributed by atoms with Crippen molar-refractivity contribution in [2.75, 3.05) is 6.54 Å². The van der Waals surface area contributed by atoms with Crippen molar-refractivity contribution < 1.29 is 44.8 Å². The highest BCUT2D eigenvalue weighted by Gasteiger charge is 2.57. The van der Waals surface area contributed by atoms with Crippen LogP contribution in [0.3, 0.4) is 0 Å². The zero-order valence-corrected chi connectivity index (χ0v) is 18.6. The Hall–Kier alpha value is -3.12. The van der Waals surface area contributed by atoms with Crippen LogP contribution < -0.4 is 5.32 Å². The molecule has 0 bridgehead atoms. The predicted octanol–water partition coefficient (Wildman–Crippen LogP) is 4.97. The fourth-order valence-electron chi connectivity index (χ4n) is 3.90. The number of rotatable bonds is 6. The lowest BCUT2D eigenvalue weighted by molar-refractivity contribution is -0.287. The lowest BCUT2D eigenvalue weighted by Gasteiger charge is -2.41. The molecule has 192 valence electrons. The normalized spacial score (nSPS) is 19.4. The van der Waals surface area contributed by atoms with Crippen molar-refractivity contribution >= 4 is 11.8 Å². The van der Waals surface area contributed by atoms with Crippen LogP contribution in [0.2, 0.25) is 0 Å². The van der Waals surface area contributed by atoms with Crippen molar-refractivity contribution in [3.05, 3.63) is 41.8 Å². The molecular formula is C22H22F7N3O3. The maximum atomic E-state index is 13.2. The minimum Gasteiger partial charge on any atom is -0.355 e. The molecule has 6 nitrogen and oxygen atoms in total. The summed E-state index contributed by atoms with van der Waals surface area (Å²) in [6, 6.07) is 3.52. The van der Waals surface area contributed by atoms with Crippen LogP contribution in [0.5, 0.6) is 0 Å². The van der Waals surface area contributed by atoms with Gasteiger partial charge in [0.25, 0.3) is 5.91 Å². The highest BCUT2D eigenvalue weighted by atomic mass is 19.4. The number of halogens is 7. The van der Waals surface area contributed by atoms with E-state index in [-0.39, 0.29) is 23.8 Å². The third-order valence-electron chi connectivity index (χ3n) is 5.57. The molecular weight excluding hydrogens is 487 g/mol. The minimum atomic E-state index is -5.58. The average Bonchev–Trinajstić information content (AvgIpc) is 3.22. The van der Waals surface area contributed by atoms with Crippen molar-refractivity contribution in [3.63, 3.8) is 0 Å². The standard InChI is InChI=1S/C22H22F7N3O3/c1-11(2)7-16-19(33)30-14(8-18(21(24,25)26)22(27,28)29)10-32(16)20(34)15-9-17(35-31-15)12-3-5-13(23)6-4-12/h3-6,9,11,14,16,18H,7-8,10H2,1-2H3,(H,30,33)/t14-,16-/m0/s1. The molecule has 0 unspecified atom stereocenters. The lowest BCUT2D eigenvalue weighted by atomic mass is 9.93. The summed E-state index contributed by atoms with van der Waals surface area (Å²) in [7, 11) is 0. The molecule has 2 heterocycles. The molecule has 1 fully saturated rings. The Bertz CT molecular complexity index is 1030. The van der Waals surface area contributed by atoms with Gasteiger partial charge in [0.05, 0.1) is 0 Å². The van der Waals surface area contributed by atoms with E-state index in [2.05, 4.69) is 10.5 Å². The van der Waals surface area contributed by atoms with Crippen LogP contribution in [0.4, 0.5) is 30.7 Å². The van der Waals surface area contributed by atoms with Gasteiger partial charge >= 0.3 is 12.4 Å². The second kappa shape index (κ2) is 9.86. The van der Waals surface area contributed by atoms with E-state index >= 15 is 0 Å². The Balaban J connectivity index is 1.88. The Morgan fingerprint density at radius 1 is 1.11 bits per heavy atom. The van der Waals surface area contributed by atoms with Gasteiger partial charge in [-0.1, -0.05) is 19.0 Å². The van der Waals surface area contributed by atoms with Gasteiger partial charge in [-0.05, 0) is 43.0 Å². The Kier molecular flexibility index (Phi) is 7.46. The molecule has 0 saturated carbocycles. The predicted molar refractivity (Wildman–Crippen MR) is 108 cm³/mol. The third-order valence-corrected chi connectivity index (χ3v) is 5.57. The number of amides is 2. The summed E-state index contributed by atoms with van der Waals surface area (Å²) in [5.74, 6) is -5.96. The molecule has 13 heteroatoms. The molecule has 0 aliphatic carbocycles. The first-order valence-corrected chi connectivity index (χ1v) is 10.6. The van der Waals surface area contributed by atoms with Gasteiger partial charge in [0, 0.05) is 24.2 Å². The molecule has 1 aromatic heterocycles. The maximum Gasteiger partial charge on any atom is 0.400 e. The first kappa shape index (κ1) is 26.5. The van der Waals surface area contributed by atoms with Crippen LogP contribution in [0.25, 0.3) is 11.3 Å². The summed E-state index contributed by atoms with van der Waals surface area (Å²) < 4.78 is 96.7. The lowest BCUT2D eigenvalue weighted by Crippen LogP contribution is -2.62. The molecule has 35 heavy (non-hydrogen) atoms. The van der Waals surface area contributed by atoms with Gasteiger partial charge in [0.1, 0.15) is 11.9 Å². The van der Waals surface area contributed by atoms with Crippen LogP contribution in [-0.4, -0.2) is 52.9 Å². The Morgan fingerprint density at radius 3 is 2.26 bits per heavy atom. The van der Waals surface area contributed by atoms with Gasteiger partial charge in [0.15, 0.2) is 17.4 Å². The van der Waals surface area contributed by atoms with Gasteiger partial charge in [-0.25, -0.2) is 4.39 Å². The van der Waals surface area contributed by atoms with Gasteiger partial charge in [-0.15, -0.1) is 0 Å². The molecule has 1 aliphatic heterocycles. The Labute approximate surface area is 195 Å². The van der Waals surface area contributed by atoms with Gasteiger partial charge < -0.3 is 14.7 Å². The molecule has 2 atom stereocenters. The van der Waals surface area contributed by atoms with Gasteiger partial charge in [-0.2, -0.15) is 26.3 Å². The molecule has 2 aromatic rings. The van der Waals surface area contributed by atoms with Crippen LogP contribution in [-0.2, 0) is 4.79 Å². The average molecular weight is 509 g/mol. The van der Waals surface area contributed by atoms with E-state index in [9.17, 15) is 40.3 Å². The zero-order chi connectivity index (χ0) is 26.1. The number of piperazine rings is 1. The quantitative estimate of drug-likeness (QED) is 0.559. The third kappa shape index (κ3) is 6.31. The topological polar surface area (TPSA) is 75.4 Å². The number of carbonyl (C=O) groups excluding carboxylic acids is 2. The second-order valence-electron chi connectivity index (χ2n) is 8.76. The van der Waals surface area contributed by atoms with Crippen LogP contribution in [0.1, 0.15) is 37.2 Å².